The van der Waals surface area contributed by atoms with Gasteiger partial charge in [0.25, 0.3) is 0 Å². The summed E-state index contributed by atoms with van der Waals surface area (Å²) in [5.41, 5.74) is 3.50. The van der Waals surface area contributed by atoms with Gasteiger partial charge in [-0.1, -0.05) is 36.4 Å². The third-order valence-electron chi connectivity index (χ3n) is 5.24. The van der Waals surface area contributed by atoms with Gasteiger partial charge in [0.05, 0.1) is 24.4 Å². The van der Waals surface area contributed by atoms with Crippen molar-refractivity contribution in [2.24, 2.45) is 0 Å². The molecule has 0 saturated carbocycles. The quantitative estimate of drug-likeness (QED) is 0.370. The fraction of sp³-hybridized carbons (Fsp3) is 0.182. The average molecular weight is 419 g/mol. The summed E-state index contributed by atoms with van der Waals surface area (Å²) in [5.74, 6) is -0.687. The first-order valence-corrected chi connectivity index (χ1v) is 9.86. The Hall–Kier alpha value is -3.40. The molecule has 0 aliphatic carbocycles. The Morgan fingerprint density at radius 3 is 2.71 bits per heavy atom. The summed E-state index contributed by atoms with van der Waals surface area (Å²) in [6, 6.07) is 15.9. The van der Waals surface area contributed by atoms with E-state index in [1.165, 1.54) is 6.20 Å². The Morgan fingerprint density at radius 1 is 1.23 bits per heavy atom. The lowest BCUT2D eigenvalue weighted by Gasteiger charge is -2.20. The predicted octanol–water partition coefficient (Wildman–Crippen LogP) is 2.45. The lowest BCUT2D eigenvalue weighted by molar-refractivity contribution is 0.0697. The maximum atomic E-state index is 11.7. The molecule has 0 amide bonds. The van der Waals surface area contributed by atoms with Crippen LogP contribution in [-0.4, -0.2) is 39.9 Å². The van der Waals surface area contributed by atoms with E-state index in [0.29, 0.717) is 11.5 Å². The number of nitrogens with one attached hydrogen (secondary N) is 2. The van der Waals surface area contributed by atoms with Crippen LogP contribution >= 0.6 is 0 Å². The van der Waals surface area contributed by atoms with Gasteiger partial charge in [-0.05, 0) is 35.6 Å². The molecule has 2 heterocycles. The zero-order valence-corrected chi connectivity index (χ0v) is 16.8. The predicted molar refractivity (Wildman–Crippen MR) is 118 cm³/mol. The molecule has 158 valence electrons. The Labute approximate surface area is 179 Å². The molecule has 1 aliphatic rings. The number of aromatic nitrogens is 1. The molecule has 1 unspecified atom stereocenters. The molecule has 0 spiro atoms. The van der Waals surface area contributed by atoms with E-state index >= 15 is 0 Å². The first-order chi connectivity index (χ1) is 15.0. The van der Waals surface area contributed by atoms with Crippen molar-refractivity contribution in [3.8, 4) is 0 Å². The number of rotatable bonds is 7. The van der Waals surface area contributed by atoms with Gasteiger partial charge < -0.3 is 30.5 Å². The van der Waals surface area contributed by atoms with Crippen LogP contribution in [0.4, 0.5) is 17.2 Å². The number of aliphatic hydroxyl groups is 1. The molecule has 4 rings (SSSR count). The number of carboxylic acids is 1. The van der Waals surface area contributed by atoms with Gasteiger partial charge in [0.15, 0.2) is 0 Å². The number of pyridine rings is 1. The SMILES string of the molecule is CC1OB(O)c2ccc(Nc3cc(N[C@H](CO)c4ccccc4)c(C(=O)O)cn3)cc21. The Balaban J connectivity index is 1.62. The lowest BCUT2D eigenvalue weighted by Crippen LogP contribution is -2.27. The number of carboxylic acid groups (broad SMARTS) is 1. The molecule has 0 saturated heterocycles. The number of aromatic carboxylic acids is 1. The molecule has 0 fully saturated rings. The number of carbonyl (C=O) groups is 1. The van der Waals surface area contributed by atoms with Crippen LogP contribution in [-0.2, 0) is 4.65 Å². The van der Waals surface area contributed by atoms with Crippen LogP contribution in [0.2, 0.25) is 0 Å². The minimum atomic E-state index is -1.12. The second-order valence-corrected chi connectivity index (χ2v) is 7.31. The molecule has 0 radical (unpaired) electrons. The van der Waals surface area contributed by atoms with Crippen LogP contribution in [0.3, 0.4) is 0 Å². The highest BCUT2D eigenvalue weighted by Crippen LogP contribution is 2.29. The number of hydrogen-bond donors (Lipinski definition) is 5. The maximum Gasteiger partial charge on any atom is 0.491 e. The summed E-state index contributed by atoms with van der Waals surface area (Å²) >= 11 is 0. The Morgan fingerprint density at radius 2 is 2.00 bits per heavy atom. The number of nitrogens with zero attached hydrogens (tertiary/aromatic N) is 1. The summed E-state index contributed by atoms with van der Waals surface area (Å²) in [6.07, 6.45) is 1.04. The van der Waals surface area contributed by atoms with E-state index in [1.807, 2.05) is 43.3 Å². The minimum absolute atomic E-state index is 0.000899. The van der Waals surface area contributed by atoms with Crippen LogP contribution < -0.4 is 16.1 Å². The summed E-state index contributed by atoms with van der Waals surface area (Å²) in [5, 5.41) is 35.6. The van der Waals surface area contributed by atoms with Crippen LogP contribution in [0.15, 0.2) is 60.8 Å². The van der Waals surface area contributed by atoms with E-state index in [-0.39, 0.29) is 18.3 Å². The van der Waals surface area contributed by atoms with Gasteiger partial charge in [0.2, 0.25) is 0 Å². The smallest absolute Gasteiger partial charge is 0.478 e. The van der Waals surface area contributed by atoms with E-state index in [4.69, 9.17) is 4.65 Å². The molecule has 1 aliphatic heterocycles. The lowest BCUT2D eigenvalue weighted by atomic mass is 9.79. The molecule has 5 N–H and O–H groups in total. The topological polar surface area (TPSA) is 124 Å². The zero-order chi connectivity index (χ0) is 22.0. The molecule has 8 nitrogen and oxygen atoms in total. The number of hydrogen-bond acceptors (Lipinski definition) is 7. The summed E-state index contributed by atoms with van der Waals surface area (Å²) in [4.78, 5) is 15.9. The molecule has 3 aromatic rings. The van der Waals surface area contributed by atoms with Crippen LogP contribution in [0.25, 0.3) is 0 Å². The first kappa shape index (κ1) is 20.9. The highest BCUT2D eigenvalue weighted by molar-refractivity contribution is 6.61. The van der Waals surface area contributed by atoms with Crippen LogP contribution in [0.5, 0.6) is 0 Å². The molecular weight excluding hydrogens is 397 g/mol. The normalized spacial score (nSPS) is 16.0. The van der Waals surface area contributed by atoms with Crippen molar-refractivity contribution in [2.45, 2.75) is 19.1 Å². The molecular formula is C22H22BN3O5. The van der Waals surface area contributed by atoms with Crippen molar-refractivity contribution in [1.82, 2.24) is 4.98 Å². The van der Waals surface area contributed by atoms with E-state index < -0.39 is 19.1 Å². The third-order valence-corrected chi connectivity index (χ3v) is 5.24. The van der Waals surface area contributed by atoms with Crippen molar-refractivity contribution < 1.29 is 24.7 Å². The molecule has 2 atom stereocenters. The molecule has 1 aromatic heterocycles. The number of fused-ring (bicyclic) bond motifs is 1. The van der Waals surface area contributed by atoms with Crippen molar-refractivity contribution >= 4 is 35.7 Å². The fourth-order valence-corrected chi connectivity index (χ4v) is 3.64. The highest BCUT2D eigenvalue weighted by Gasteiger charge is 2.32. The fourth-order valence-electron chi connectivity index (χ4n) is 3.64. The van der Waals surface area contributed by atoms with Gasteiger partial charge in [-0.2, -0.15) is 0 Å². The largest absolute Gasteiger partial charge is 0.491 e. The summed E-state index contributed by atoms with van der Waals surface area (Å²) in [6.45, 7) is 1.65. The molecule has 2 aromatic carbocycles. The first-order valence-electron chi connectivity index (χ1n) is 9.86. The van der Waals surface area contributed by atoms with E-state index in [0.717, 1.165) is 22.3 Å². The molecule has 9 heteroatoms. The van der Waals surface area contributed by atoms with Crippen molar-refractivity contribution in [1.29, 1.82) is 0 Å². The van der Waals surface area contributed by atoms with Crippen LogP contribution in [0, 0.1) is 0 Å². The van der Waals surface area contributed by atoms with Crippen LogP contribution in [0.1, 0.15) is 40.6 Å². The summed E-state index contributed by atoms with van der Waals surface area (Å²) in [7, 11) is -0.934. The van der Waals surface area contributed by atoms with Crippen molar-refractivity contribution in [3.63, 3.8) is 0 Å². The highest BCUT2D eigenvalue weighted by atomic mass is 16.5. The number of benzene rings is 2. The number of aliphatic hydroxyl groups excluding tert-OH is 1. The molecule has 31 heavy (non-hydrogen) atoms. The Kier molecular flexibility index (Phi) is 5.90. The van der Waals surface area contributed by atoms with Gasteiger partial charge in [0, 0.05) is 18.0 Å². The maximum absolute atomic E-state index is 11.7. The second kappa shape index (κ2) is 8.77. The Bertz CT molecular complexity index is 1100. The molecule has 0 bridgehead atoms. The van der Waals surface area contributed by atoms with E-state index in [2.05, 4.69) is 15.6 Å². The van der Waals surface area contributed by atoms with Gasteiger partial charge >= 0.3 is 13.1 Å². The third kappa shape index (κ3) is 4.39. The van der Waals surface area contributed by atoms with Gasteiger partial charge in [-0.15, -0.1) is 0 Å². The van der Waals surface area contributed by atoms with E-state index in [1.54, 1.807) is 18.2 Å². The number of anilines is 3. The van der Waals surface area contributed by atoms with Gasteiger partial charge in [-0.3, -0.25) is 0 Å². The average Bonchev–Trinajstić information content (AvgIpc) is 3.05. The van der Waals surface area contributed by atoms with Gasteiger partial charge in [0.1, 0.15) is 11.4 Å². The van der Waals surface area contributed by atoms with Crippen molar-refractivity contribution in [2.75, 3.05) is 17.2 Å². The second-order valence-electron chi connectivity index (χ2n) is 7.31. The zero-order valence-electron chi connectivity index (χ0n) is 16.8. The summed E-state index contributed by atoms with van der Waals surface area (Å²) < 4.78 is 5.41. The van der Waals surface area contributed by atoms with Gasteiger partial charge in [-0.25, -0.2) is 9.78 Å². The monoisotopic (exact) mass is 419 g/mol. The van der Waals surface area contributed by atoms with Crippen molar-refractivity contribution in [3.05, 3.63) is 77.5 Å². The standard InChI is InChI=1S/C22H22BN3O5/c1-13-16-9-15(7-8-18(16)23(30)31-13)25-21-10-19(17(11-24-21)22(28)29)26-20(12-27)14-5-3-2-4-6-14/h2-11,13,20,27,30H,12H2,1H3,(H,28,29)(H2,24,25,26)/t13?,20-/m1/s1. The van der Waals surface area contributed by atoms with E-state index in [9.17, 15) is 20.0 Å². The minimum Gasteiger partial charge on any atom is -0.478 e.